The standard InChI is InChI=1S/C14H17Cl2NO3/c1-14(3-2-4-20-14)8-17-13(19)12(18)9-5-10(15)7-11(16)6-9/h5-7,12,18H,2-4,8H2,1H3,(H,17,19). The second-order valence-corrected chi connectivity index (χ2v) is 6.10. The van der Waals surface area contributed by atoms with Crippen molar-refractivity contribution < 1.29 is 14.6 Å². The fourth-order valence-electron chi connectivity index (χ4n) is 2.23. The summed E-state index contributed by atoms with van der Waals surface area (Å²) in [6, 6.07) is 4.58. The van der Waals surface area contributed by atoms with Crippen molar-refractivity contribution in [2.45, 2.75) is 31.5 Å². The molecule has 0 aliphatic carbocycles. The van der Waals surface area contributed by atoms with E-state index in [1.165, 1.54) is 12.1 Å². The number of amides is 1. The monoisotopic (exact) mass is 317 g/mol. The van der Waals surface area contributed by atoms with E-state index in [1.807, 2.05) is 6.92 Å². The van der Waals surface area contributed by atoms with Gasteiger partial charge in [-0.2, -0.15) is 0 Å². The zero-order chi connectivity index (χ0) is 14.8. The molecular formula is C14H17Cl2NO3. The molecule has 0 spiro atoms. The van der Waals surface area contributed by atoms with Gasteiger partial charge in [0.1, 0.15) is 0 Å². The highest BCUT2D eigenvalue weighted by Gasteiger charge is 2.31. The average Bonchev–Trinajstić information content (AvgIpc) is 2.81. The van der Waals surface area contributed by atoms with Crippen LogP contribution in [0.5, 0.6) is 0 Å². The summed E-state index contributed by atoms with van der Waals surface area (Å²) in [5.41, 5.74) is 0.0268. The molecule has 0 aromatic heterocycles. The highest BCUT2D eigenvalue weighted by Crippen LogP contribution is 2.26. The van der Waals surface area contributed by atoms with E-state index < -0.39 is 12.0 Å². The summed E-state index contributed by atoms with van der Waals surface area (Å²) < 4.78 is 5.58. The Morgan fingerprint density at radius 3 is 2.65 bits per heavy atom. The summed E-state index contributed by atoms with van der Waals surface area (Å²) in [5.74, 6) is -0.486. The van der Waals surface area contributed by atoms with Gasteiger partial charge >= 0.3 is 0 Å². The fourth-order valence-corrected chi connectivity index (χ4v) is 2.77. The van der Waals surface area contributed by atoms with E-state index in [-0.39, 0.29) is 5.60 Å². The highest BCUT2D eigenvalue weighted by atomic mass is 35.5. The largest absolute Gasteiger partial charge is 0.378 e. The Morgan fingerprint density at radius 2 is 2.10 bits per heavy atom. The van der Waals surface area contributed by atoms with Crippen molar-refractivity contribution in [3.63, 3.8) is 0 Å². The van der Waals surface area contributed by atoms with Crippen molar-refractivity contribution >= 4 is 29.1 Å². The Balaban J connectivity index is 1.97. The third kappa shape index (κ3) is 3.85. The molecule has 2 rings (SSSR count). The first-order chi connectivity index (χ1) is 9.39. The molecular weight excluding hydrogens is 301 g/mol. The van der Waals surface area contributed by atoms with Crippen LogP contribution >= 0.6 is 23.2 Å². The van der Waals surface area contributed by atoms with Gasteiger partial charge in [0, 0.05) is 23.2 Å². The molecule has 0 radical (unpaired) electrons. The van der Waals surface area contributed by atoms with Crippen LogP contribution in [0, 0.1) is 0 Å². The van der Waals surface area contributed by atoms with E-state index in [1.54, 1.807) is 6.07 Å². The minimum atomic E-state index is -1.30. The molecule has 1 aliphatic heterocycles. The first kappa shape index (κ1) is 15.6. The van der Waals surface area contributed by atoms with Crippen molar-refractivity contribution in [3.05, 3.63) is 33.8 Å². The van der Waals surface area contributed by atoms with E-state index in [2.05, 4.69) is 5.32 Å². The molecule has 1 fully saturated rings. The van der Waals surface area contributed by atoms with Crippen LogP contribution in [0.4, 0.5) is 0 Å². The van der Waals surface area contributed by atoms with E-state index in [0.29, 0.717) is 28.8 Å². The summed E-state index contributed by atoms with van der Waals surface area (Å²) in [7, 11) is 0. The number of ether oxygens (including phenoxy) is 1. The van der Waals surface area contributed by atoms with Crippen LogP contribution in [-0.2, 0) is 9.53 Å². The van der Waals surface area contributed by atoms with E-state index in [9.17, 15) is 9.90 Å². The lowest BCUT2D eigenvalue weighted by Crippen LogP contribution is -2.41. The third-order valence-corrected chi connectivity index (χ3v) is 3.82. The van der Waals surface area contributed by atoms with Crippen molar-refractivity contribution in [3.8, 4) is 0 Å². The molecule has 1 saturated heterocycles. The number of halogens is 2. The van der Waals surface area contributed by atoms with Gasteiger partial charge in [-0.25, -0.2) is 0 Å². The van der Waals surface area contributed by atoms with Crippen molar-refractivity contribution in [2.75, 3.05) is 13.2 Å². The Hall–Kier alpha value is -0.810. The van der Waals surface area contributed by atoms with Gasteiger partial charge in [0.15, 0.2) is 6.10 Å². The Kier molecular flexibility index (Phi) is 4.91. The first-order valence-corrected chi connectivity index (χ1v) is 7.21. The molecule has 1 amide bonds. The number of hydrogen-bond acceptors (Lipinski definition) is 3. The normalized spacial score (nSPS) is 23.6. The van der Waals surface area contributed by atoms with Crippen LogP contribution < -0.4 is 5.32 Å². The molecule has 20 heavy (non-hydrogen) atoms. The van der Waals surface area contributed by atoms with Gasteiger partial charge < -0.3 is 15.2 Å². The topological polar surface area (TPSA) is 58.6 Å². The predicted molar refractivity (Wildman–Crippen MR) is 78.0 cm³/mol. The number of carbonyl (C=O) groups is 1. The minimum absolute atomic E-state index is 0.346. The molecule has 4 nitrogen and oxygen atoms in total. The molecule has 6 heteroatoms. The van der Waals surface area contributed by atoms with Gasteiger partial charge in [0.05, 0.1) is 5.60 Å². The van der Waals surface area contributed by atoms with Crippen LogP contribution in [-0.4, -0.2) is 29.8 Å². The van der Waals surface area contributed by atoms with Gasteiger partial charge in [-0.15, -0.1) is 0 Å². The summed E-state index contributed by atoms with van der Waals surface area (Å²) >= 11 is 11.7. The van der Waals surface area contributed by atoms with E-state index in [4.69, 9.17) is 27.9 Å². The maximum absolute atomic E-state index is 12.0. The molecule has 0 saturated carbocycles. The number of carbonyl (C=O) groups excluding carboxylic acids is 1. The predicted octanol–water partition coefficient (Wildman–Crippen LogP) is 2.71. The molecule has 1 aromatic rings. The maximum atomic E-state index is 12.0. The maximum Gasteiger partial charge on any atom is 0.253 e. The lowest BCUT2D eigenvalue weighted by atomic mass is 10.0. The zero-order valence-corrected chi connectivity index (χ0v) is 12.7. The number of rotatable bonds is 4. The molecule has 2 unspecified atom stereocenters. The third-order valence-electron chi connectivity index (χ3n) is 3.39. The van der Waals surface area contributed by atoms with Gasteiger partial charge in [-0.3, -0.25) is 4.79 Å². The van der Waals surface area contributed by atoms with E-state index in [0.717, 1.165) is 12.8 Å². The number of nitrogens with one attached hydrogen (secondary N) is 1. The average molecular weight is 318 g/mol. The number of aliphatic hydroxyl groups excluding tert-OH is 1. The van der Waals surface area contributed by atoms with Gasteiger partial charge in [-0.1, -0.05) is 23.2 Å². The summed E-state index contributed by atoms with van der Waals surface area (Å²) in [6.07, 6.45) is 0.585. The molecule has 1 aliphatic rings. The van der Waals surface area contributed by atoms with Crippen LogP contribution in [0.2, 0.25) is 10.0 Å². The summed E-state index contributed by atoms with van der Waals surface area (Å²) in [4.78, 5) is 12.0. The lowest BCUT2D eigenvalue weighted by Gasteiger charge is -2.24. The summed E-state index contributed by atoms with van der Waals surface area (Å²) in [6.45, 7) is 3.03. The van der Waals surface area contributed by atoms with Crippen LogP contribution in [0.15, 0.2) is 18.2 Å². The van der Waals surface area contributed by atoms with Crippen molar-refractivity contribution in [1.29, 1.82) is 0 Å². The molecule has 0 bridgehead atoms. The second kappa shape index (κ2) is 6.31. The highest BCUT2D eigenvalue weighted by molar-refractivity contribution is 6.34. The second-order valence-electron chi connectivity index (χ2n) is 5.23. The minimum Gasteiger partial charge on any atom is -0.378 e. The lowest BCUT2D eigenvalue weighted by molar-refractivity contribution is -0.130. The Labute approximate surface area is 128 Å². The quantitative estimate of drug-likeness (QED) is 0.897. The molecule has 2 N–H and O–H groups in total. The summed E-state index contributed by atoms with van der Waals surface area (Å²) in [5, 5.41) is 13.5. The van der Waals surface area contributed by atoms with Gasteiger partial charge in [0.2, 0.25) is 0 Å². The zero-order valence-electron chi connectivity index (χ0n) is 11.2. The SMILES string of the molecule is CC1(CNC(=O)C(O)c2cc(Cl)cc(Cl)c2)CCCO1. The molecule has 1 heterocycles. The Morgan fingerprint density at radius 1 is 1.45 bits per heavy atom. The number of benzene rings is 1. The van der Waals surface area contributed by atoms with Crippen molar-refractivity contribution in [2.24, 2.45) is 0 Å². The number of hydrogen-bond donors (Lipinski definition) is 2. The van der Waals surface area contributed by atoms with Gasteiger partial charge in [-0.05, 0) is 43.5 Å². The Bertz CT molecular complexity index is 481. The smallest absolute Gasteiger partial charge is 0.253 e. The van der Waals surface area contributed by atoms with E-state index >= 15 is 0 Å². The molecule has 110 valence electrons. The van der Waals surface area contributed by atoms with Gasteiger partial charge in [0.25, 0.3) is 5.91 Å². The van der Waals surface area contributed by atoms with Crippen molar-refractivity contribution in [1.82, 2.24) is 5.32 Å². The van der Waals surface area contributed by atoms with Crippen LogP contribution in [0.1, 0.15) is 31.4 Å². The molecule has 2 atom stereocenters. The molecule has 1 aromatic carbocycles. The van der Waals surface area contributed by atoms with Crippen LogP contribution in [0.3, 0.4) is 0 Å². The first-order valence-electron chi connectivity index (χ1n) is 6.45. The fraction of sp³-hybridized carbons (Fsp3) is 0.500. The number of aliphatic hydroxyl groups is 1. The van der Waals surface area contributed by atoms with Crippen LogP contribution in [0.25, 0.3) is 0 Å².